The summed E-state index contributed by atoms with van der Waals surface area (Å²) in [5.74, 6) is -6.42. The molecule has 0 aliphatic rings. The van der Waals surface area contributed by atoms with Crippen LogP contribution in [0.25, 0.3) is 5.69 Å². The van der Waals surface area contributed by atoms with Crippen LogP contribution in [0.15, 0.2) is 29.3 Å². The summed E-state index contributed by atoms with van der Waals surface area (Å²) in [5.41, 5.74) is -1.82. The molecular weight excluding hydrogens is 507 g/mol. The molecule has 0 N–H and O–H groups in total. The summed E-state index contributed by atoms with van der Waals surface area (Å²) in [6.07, 6.45) is -14.7. The van der Waals surface area contributed by atoms with E-state index in [-0.39, 0.29) is 0 Å². The molecule has 32 heavy (non-hydrogen) atoms. The largest absolute Gasteiger partial charge is 0.482 e. The van der Waals surface area contributed by atoms with E-state index in [1.165, 1.54) is 0 Å². The van der Waals surface area contributed by atoms with Crippen molar-refractivity contribution in [1.82, 2.24) is 9.78 Å². The second-order valence-corrected chi connectivity index (χ2v) is 8.85. The number of hydrogen-bond acceptors (Lipinski definition) is 4. The van der Waals surface area contributed by atoms with Gasteiger partial charge in [-0.2, -0.15) is 40.2 Å². The highest BCUT2D eigenvalue weighted by Gasteiger charge is 2.57. The van der Waals surface area contributed by atoms with Crippen LogP contribution in [0.2, 0.25) is 5.15 Å². The molecule has 0 saturated heterocycles. The summed E-state index contributed by atoms with van der Waals surface area (Å²) < 4.78 is 145. The Labute approximate surface area is 179 Å². The van der Waals surface area contributed by atoms with Gasteiger partial charge in [-0.1, -0.05) is 18.5 Å². The zero-order valence-corrected chi connectivity index (χ0v) is 17.2. The van der Waals surface area contributed by atoms with Crippen molar-refractivity contribution in [1.29, 1.82) is 0 Å². The van der Waals surface area contributed by atoms with Gasteiger partial charge in [-0.3, -0.25) is 0 Å². The lowest BCUT2D eigenvalue weighted by Gasteiger charge is -2.22. The second kappa shape index (κ2) is 8.65. The van der Waals surface area contributed by atoms with E-state index in [4.69, 9.17) is 11.6 Å². The Hall–Kier alpha value is -2.16. The van der Waals surface area contributed by atoms with E-state index >= 15 is 0 Å². The number of sulfone groups is 1. The predicted molar refractivity (Wildman–Crippen MR) is 92.7 cm³/mol. The number of halogens is 10. The lowest BCUT2D eigenvalue weighted by Crippen LogP contribution is -2.45. The molecule has 1 atom stereocenters. The molecule has 1 heterocycles. The van der Waals surface area contributed by atoms with Crippen LogP contribution in [0.1, 0.15) is 12.5 Å². The molecule has 2 aromatic rings. The Kier molecular flexibility index (Phi) is 7.05. The first-order valence-corrected chi connectivity index (χ1v) is 10.3. The van der Waals surface area contributed by atoms with Gasteiger partial charge in [0, 0.05) is 0 Å². The number of aromatic nitrogens is 2. The number of ether oxygens (including phenoxy) is 1. The summed E-state index contributed by atoms with van der Waals surface area (Å²) in [7, 11) is -4.29. The van der Waals surface area contributed by atoms with Gasteiger partial charge >= 0.3 is 18.3 Å². The molecular formula is C16H12ClF9N2O3S. The van der Waals surface area contributed by atoms with E-state index in [1.54, 1.807) is 0 Å². The standard InChI is InChI=1S/C16H12ClF9N2O3S/c1-2-32(29,30)11-5-8(15(21,22)23)3-4-9(11)28-12(17)10(6-27-28)31-7-14(19,20)13(18)16(24,25)26/h3-6,13H,2,7H2,1H3. The van der Waals surface area contributed by atoms with E-state index in [2.05, 4.69) is 9.84 Å². The highest BCUT2D eigenvalue weighted by Crippen LogP contribution is 2.38. The Morgan fingerprint density at radius 1 is 1.12 bits per heavy atom. The Morgan fingerprint density at radius 2 is 1.72 bits per heavy atom. The van der Waals surface area contributed by atoms with Crippen molar-refractivity contribution in [3.63, 3.8) is 0 Å². The van der Waals surface area contributed by atoms with Crippen molar-refractivity contribution in [3.8, 4) is 11.4 Å². The molecule has 0 saturated carbocycles. The number of hydrogen-bond donors (Lipinski definition) is 0. The minimum absolute atomic E-state index is 0.317. The van der Waals surface area contributed by atoms with E-state index in [0.29, 0.717) is 29.1 Å². The van der Waals surface area contributed by atoms with Crippen LogP contribution in [0, 0.1) is 0 Å². The first-order valence-electron chi connectivity index (χ1n) is 8.31. The van der Waals surface area contributed by atoms with Crippen molar-refractivity contribution >= 4 is 21.4 Å². The molecule has 1 aromatic heterocycles. The van der Waals surface area contributed by atoms with Crippen molar-refractivity contribution in [2.45, 2.75) is 36.3 Å². The molecule has 0 aliphatic carbocycles. The average molecular weight is 519 g/mol. The number of benzene rings is 1. The highest BCUT2D eigenvalue weighted by molar-refractivity contribution is 7.91. The summed E-state index contributed by atoms with van der Waals surface area (Å²) in [6.45, 7) is -0.957. The molecule has 0 aliphatic heterocycles. The third-order valence-electron chi connectivity index (χ3n) is 3.99. The fourth-order valence-electron chi connectivity index (χ4n) is 2.34. The zero-order valence-electron chi connectivity index (χ0n) is 15.6. The Balaban J connectivity index is 2.45. The van der Waals surface area contributed by atoms with E-state index < -0.39 is 73.7 Å². The fourth-order valence-corrected chi connectivity index (χ4v) is 3.67. The van der Waals surface area contributed by atoms with Gasteiger partial charge in [-0.05, 0) is 18.2 Å². The van der Waals surface area contributed by atoms with Crippen LogP contribution in [0.5, 0.6) is 5.75 Å². The van der Waals surface area contributed by atoms with Crippen LogP contribution in [-0.2, 0) is 16.0 Å². The van der Waals surface area contributed by atoms with Gasteiger partial charge in [0.05, 0.1) is 28.1 Å². The van der Waals surface area contributed by atoms with Crippen LogP contribution in [0.3, 0.4) is 0 Å². The van der Waals surface area contributed by atoms with Gasteiger partial charge in [-0.15, -0.1) is 0 Å². The highest BCUT2D eigenvalue weighted by atomic mass is 35.5. The Bertz CT molecular complexity index is 1080. The second-order valence-electron chi connectivity index (χ2n) is 6.25. The van der Waals surface area contributed by atoms with Gasteiger partial charge in [0.25, 0.3) is 6.17 Å². The monoisotopic (exact) mass is 518 g/mol. The molecule has 2 rings (SSSR count). The zero-order chi connectivity index (χ0) is 24.7. The minimum Gasteiger partial charge on any atom is -0.482 e. The molecule has 0 amide bonds. The van der Waals surface area contributed by atoms with Crippen LogP contribution in [0.4, 0.5) is 39.5 Å². The SMILES string of the molecule is CCS(=O)(=O)c1cc(C(F)(F)F)ccc1-n1ncc(OCC(F)(F)C(F)C(F)(F)F)c1Cl. The molecule has 0 radical (unpaired) electrons. The molecule has 5 nitrogen and oxygen atoms in total. The molecule has 0 bridgehead atoms. The van der Waals surface area contributed by atoms with Gasteiger partial charge < -0.3 is 4.74 Å². The maximum Gasteiger partial charge on any atom is 0.425 e. The summed E-state index contributed by atoms with van der Waals surface area (Å²) >= 11 is 5.85. The molecule has 0 fully saturated rings. The predicted octanol–water partition coefficient (Wildman–Crippen LogP) is 5.25. The van der Waals surface area contributed by atoms with Gasteiger partial charge in [0.1, 0.15) is 0 Å². The van der Waals surface area contributed by atoms with Crippen LogP contribution in [-0.4, -0.2) is 48.8 Å². The first kappa shape index (κ1) is 26.1. The third kappa shape index (κ3) is 5.42. The molecule has 1 unspecified atom stereocenters. The van der Waals surface area contributed by atoms with Gasteiger partial charge in [-0.25, -0.2) is 17.5 Å². The average Bonchev–Trinajstić information content (AvgIpc) is 3.04. The van der Waals surface area contributed by atoms with E-state index in [0.717, 1.165) is 6.92 Å². The van der Waals surface area contributed by atoms with Gasteiger partial charge in [0.15, 0.2) is 27.3 Å². The van der Waals surface area contributed by atoms with Crippen LogP contribution >= 0.6 is 11.6 Å². The van der Waals surface area contributed by atoms with Crippen molar-refractivity contribution < 1.29 is 52.7 Å². The number of nitrogens with zero attached hydrogens (tertiary/aromatic N) is 2. The van der Waals surface area contributed by atoms with E-state index in [1.807, 2.05) is 0 Å². The lowest BCUT2D eigenvalue weighted by molar-refractivity contribution is -0.250. The maximum atomic E-state index is 13.4. The lowest BCUT2D eigenvalue weighted by atomic mass is 10.2. The minimum atomic E-state index is -5.87. The normalized spacial score (nSPS) is 14.5. The molecule has 180 valence electrons. The smallest absolute Gasteiger partial charge is 0.425 e. The Morgan fingerprint density at radius 3 is 2.22 bits per heavy atom. The summed E-state index contributed by atoms with van der Waals surface area (Å²) in [6, 6.07) is 1.52. The fraction of sp³-hybridized carbons (Fsp3) is 0.438. The molecule has 1 aromatic carbocycles. The maximum absolute atomic E-state index is 13.4. The molecule has 0 spiro atoms. The summed E-state index contributed by atoms with van der Waals surface area (Å²) in [5, 5.41) is 2.78. The molecule has 16 heteroatoms. The van der Waals surface area contributed by atoms with Gasteiger partial charge in [0.2, 0.25) is 0 Å². The summed E-state index contributed by atoms with van der Waals surface area (Å²) in [4.78, 5) is -0.849. The third-order valence-corrected chi connectivity index (χ3v) is 6.09. The number of alkyl halides is 9. The first-order chi connectivity index (χ1) is 14.4. The van der Waals surface area contributed by atoms with Crippen molar-refractivity contribution in [2.24, 2.45) is 0 Å². The van der Waals surface area contributed by atoms with Crippen LogP contribution < -0.4 is 4.74 Å². The quantitative estimate of drug-likeness (QED) is 0.470. The van der Waals surface area contributed by atoms with E-state index in [9.17, 15) is 47.9 Å². The number of rotatable bonds is 7. The topological polar surface area (TPSA) is 61.2 Å². The van der Waals surface area contributed by atoms with Crippen molar-refractivity contribution in [3.05, 3.63) is 35.1 Å². The van der Waals surface area contributed by atoms with Crippen molar-refractivity contribution in [2.75, 3.05) is 12.4 Å².